The van der Waals surface area contributed by atoms with Gasteiger partial charge in [-0.3, -0.25) is 4.79 Å². The van der Waals surface area contributed by atoms with Crippen LogP contribution in [0.2, 0.25) is 0 Å². The molecule has 1 atom stereocenters. The molecule has 1 saturated heterocycles. The molecule has 0 aliphatic carbocycles. The number of carbonyl (C=O) groups is 1. The largest absolute Gasteiger partial charge is 0.493 e. The molecular formula is C25H28N2O5S2. The number of carbonyl (C=O) groups excluding carboxylic acids is 1. The van der Waals surface area contributed by atoms with E-state index in [-0.39, 0.29) is 12.2 Å². The summed E-state index contributed by atoms with van der Waals surface area (Å²) in [4.78, 5) is 17.6. The first-order valence-electron chi connectivity index (χ1n) is 11.3. The molecule has 1 fully saturated rings. The molecule has 4 rings (SSSR count). The fraction of sp³-hybridized carbons (Fsp3) is 0.360. The second kappa shape index (κ2) is 10.7. The number of rotatable bonds is 9. The Balaban J connectivity index is 1.40. The van der Waals surface area contributed by atoms with Crippen molar-refractivity contribution in [3.05, 3.63) is 58.9 Å². The number of hydrogen-bond acceptors (Lipinski definition) is 7. The molecule has 0 bridgehead atoms. The topological polar surface area (TPSA) is 85.8 Å². The Morgan fingerprint density at radius 1 is 1.06 bits per heavy atom. The summed E-state index contributed by atoms with van der Waals surface area (Å²) < 4.78 is 38.3. The highest BCUT2D eigenvalue weighted by Gasteiger charge is 2.26. The van der Waals surface area contributed by atoms with E-state index >= 15 is 0 Å². The summed E-state index contributed by atoms with van der Waals surface area (Å²) in [5.41, 5.74) is 1.53. The number of ketones is 1. The summed E-state index contributed by atoms with van der Waals surface area (Å²) in [6, 6.07) is 14.0. The number of para-hydroxylation sites is 2. The van der Waals surface area contributed by atoms with Crippen LogP contribution >= 0.6 is 11.3 Å². The Morgan fingerprint density at radius 3 is 2.41 bits per heavy atom. The zero-order valence-corrected chi connectivity index (χ0v) is 20.9. The molecule has 0 radical (unpaired) electrons. The first kappa shape index (κ1) is 24.4. The minimum absolute atomic E-state index is 0.0882. The van der Waals surface area contributed by atoms with Gasteiger partial charge in [-0.15, -0.1) is 11.3 Å². The lowest BCUT2D eigenvalue weighted by molar-refractivity contribution is -0.124. The quantitative estimate of drug-likeness (QED) is 0.428. The SMILES string of the molecule is COc1ccccc1OC(C)C(=O)Cc1nc(-c2ccc(S(=O)(=O)N3CCCCC3)cc2)cs1. The van der Waals surface area contributed by atoms with Crippen molar-refractivity contribution < 1.29 is 22.7 Å². The number of ether oxygens (including phenoxy) is 2. The molecule has 1 aliphatic rings. The summed E-state index contributed by atoms with van der Waals surface area (Å²) in [6.45, 7) is 2.87. The third kappa shape index (κ3) is 5.48. The number of benzene rings is 2. The van der Waals surface area contributed by atoms with Crippen molar-refractivity contribution in [2.45, 2.75) is 43.6 Å². The molecule has 0 spiro atoms. The molecule has 3 aromatic rings. The van der Waals surface area contributed by atoms with Crippen LogP contribution in [0.15, 0.2) is 58.8 Å². The third-order valence-corrected chi connectivity index (χ3v) is 8.57. The van der Waals surface area contributed by atoms with Crippen LogP contribution in [-0.2, 0) is 21.2 Å². The van der Waals surface area contributed by atoms with Crippen LogP contribution in [0.1, 0.15) is 31.2 Å². The molecule has 0 N–H and O–H groups in total. The minimum atomic E-state index is -3.46. The van der Waals surface area contributed by atoms with Gasteiger partial charge in [0.25, 0.3) is 0 Å². The lowest BCUT2D eigenvalue weighted by Crippen LogP contribution is -2.35. The standard InChI is InChI=1S/C25H28N2O5S2/c1-18(32-24-9-5-4-8-23(24)31-2)22(28)16-25-26-21(17-33-25)19-10-12-20(13-11-19)34(29,30)27-14-6-3-7-15-27/h4-5,8-13,17-18H,3,6-7,14-16H2,1-2H3. The summed E-state index contributed by atoms with van der Waals surface area (Å²) >= 11 is 1.40. The summed E-state index contributed by atoms with van der Waals surface area (Å²) in [5, 5.41) is 2.56. The van der Waals surface area contributed by atoms with E-state index in [2.05, 4.69) is 4.98 Å². The Labute approximate surface area is 204 Å². The van der Waals surface area contributed by atoms with Crippen LogP contribution < -0.4 is 9.47 Å². The van der Waals surface area contributed by atoms with Gasteiger partial charge < -0.3 is 9.47 Å². The van der Waals surface area contributed by atoms with E-state index in [0.717, 1.165) is 24.8 Å². The maximum absolute atomic E-state index is 12.9. The zero-order chi connectivity index (χ0) is 24.1. The van der Waals surface area contributed by atoms with Gasteiger partial charge in [-0.1, -0.05) is 30.7 Å². The van der Waals surface area contributed by atoms with Gasteiger partial charge in [-0.25, -0.2) is 13.4 Å². The van der Waals surface area contributed by atoms with Crippen molar-refractivity contribution in [3.8, 4) is 22.8 Å². The smallest absolute Gasteiger partial charge is 0.243 e. The Hall–Kier alpha value is -2.75. The number of aromatic nitrogens is 1. The van der Waals surface area contributed by atoms with Crippen molar-refractivity contribution >= 4 is 27.1 Å². The number of nitrogens with zero attached hydrogens (tertiary/aromatic N) is 2. The lowest BCUT2D eigenvalue weighted by atomic mass is 10.1. The minimum Gasteiger partial charge on any atom is -0.493 e. The third-order valence-electron chi connectivity index (χ3n) is 5.81. The Morgan fingerprint density at radius 2 is 1.74 bits per heavy atom. The molecule has 9 heteroatoms. The van der Waals surface area contributed by atoms with Gasteiger partial charge in [-0.05, 0) is 44.0 Å². The molecule has 0 saturated carbocycles. The van der Waals surface area contributed by atoms with Crippen LogP contribution in [0.25, 0.3) is 11.3 Å². The average molecular weight is 501 g/mol. The fourth-order valence-corrected chi connectivity index (χ4v) is 6.17. The van der Waals surface area contributed by atoms with E-state index in [1.165, 1.54) is 11.3 Å². The van der Waals surface area contributed by atoms with Crippen LogP contribution in [0.3, 0.4) is 0 Å². The van der Waals surface area contributed by atoms with Crippen LogP contribution in [0.5, 0.6) is 11.5 Å². The van der Waals surface area contributed by atoms with Crippen molar-refractivity contribution in [1.82, 2.24) is 9.29 Å². The van der Waals surface area contributed by atoms with E-state index in [1.54, 1.807) is 54.7 Å². The maximum Gasteiger partial charge on any atom is 0.243 e. The van der Waals surface area contributed by atoms with Crippen LogP contribution in [0.4, 0.5) is 0 Å². The second-order valence-corrected chi connectivity index (χ2v) is 11.1. The van der Waals surface area contributed by atoms with Crippen molar-refractivity contribution in [1.29, 1.82) is 0 Å². The number of methoxy groups -OCH3 is 1. The number of piperidine rings is 1. The highest BCUT2D eigenvalue weighted by Crippen LogP contribution is 2.28. The highest BCUT2D eigenvalue weighted by molar-refractivity contribution is 7.89. The zero-order valence-electron chi connectivity index (χ0n) is 19.3. The molecule has 1 aliphatic heterocycles. The van der Waals surface area contributed by atoms with E-state index in [4.69, 9.17) is 9.47 Å². The maximum atomic E-state index is 12.9. The predicted molar refractivity (Wildman–Crippen MR) is 132 cm³/mol. The van der Waals surface area contributed by atoms with Gasteiger partial charge in [0.2, 0.25) is 10.0 Å². The van der Waals surface area contributed by atoms with Gasteiger partial charge in [0.15, 0.2) is 23.4 Å². The molecule has 2 heterocycles. The fourth-order valence-electron chi connectivity index (χ4n) is 3.84. The summed E-state index contributed by atoms with van der Waals surface area (Å²) in [6.07, 6.45) is 2.39. The van der Waals surface area contributed by atoms with Crippen LogP contribution in [-0.4, -0.2) is 49.8 Å². The number of hydrogen-bond donors (Lipinski definition) is 0. The number of thiazole rings is 1. The Kier molecular flexibility index (Phi) is 7.65. The Bertz CT molecular complexity index is 1230. The van der Waals surface area contributed by atoms with E-state index in [1.807, 2.05) is 17.5 Å². The molecule has 1 unspecified atom stereocenters. The average Bonchev–Trinajstić information content (AvgIpc) is 3.33. The molecule has 0 amide bonds. The van der Waals surface area contributed by atoms with E-state index in [9.17, 15) is 13.2 Å². The van der Waals surface area contributed by atoms with Gasteiger partial charge in [0.05, 0.1) is 24.1 Å². The molecule has 2 aromatic carbocycles. The van der Waals surface area contributed by atoms with Gasteiger partial charge >= 0.3 is 0 Å². The number of Topliss-reactive ketones (excluding diaryl/α,β-unsaturated/α-hetero) is 1. The van der Waals surface area contributed by atoms with E-state index < -0.39 is 16.1 Å². The van der Waals surface area contributed by atoms with Gasteiger partial charge in [0, 0.05) is 24.0 Å². The van der Waals surface area contributed by atoms with Crippen LogP contribution in [0, 0.1) is 0 Å². The first-order valence-corrected chi connectivity index (χ1v) is 13.6. The van der Waals surface area contributed by atoms with Gasteiger partial charge in [0.1, 0.15) is 5.01 Å². The predicted octanol–water partition coefficient (Wildman–Crippen LogP) is 4.57. The molecule has 1 aromatic heterocycles. The molecule has 7 nitrogen and oxygen atoms in total. The van der Waals surface area contributed by atoms with Crippen molar-refractivity contribution in [2.75, 3.05) is 20.2 Å². The highest BCUT2D eigenvalue weighted by atomic mass is 32.2. The summed E-state index contributed by atoms with van der Waals surface area (Å²) in [5.74, 6) is 1.00. The van der Waals surface area contributed by atoms with Crippen molar-refractivity contribution in [3.63, 3.8) is 0 Å². The second-order valence-electron chi connectivity index (χ2n) is 8.17. The lowest BCUT2D eigenvalue weighted by Gasteiger charge is -2.25. The monoisotopic (exact) mass is 500 g/mol. The molecule has 180 valence electrons. The first-order chi connectivity index (χ1) is 16.4. The molecular weight excluding hydrogens is 472 g/mol. The number of sulfonamides is 1. The normalized spacial score (nSPS) is 15.6. The summed E-state index contributed by atoms with van der Waals surface area (Å²) in [7, 11) is -1.91. The van der Waals surface area contributed by atoms with Crippen molar-refractivity contribution in [2.24, 2.45) is 0 Å². The molecule has 34 heavy (non-hydrogen) atoms. The van der Waals surface area contributed by atoms with Gasteiger partial charge in [-0.2, -0.15) is 4.31 Å². The van der Waals surface area contributed by atoms with E-state index in [0.29, 0.717) is 40.2 Å².